The molecule has 1 heterocycles. The Hall–Kier alpha value is -1.97. The number of benzene rings is 1. The average Bonchev–Trinajstić information content (AvgIpc) is 2.81. The molecule has 1 aromatic carbocycles. The maximum Gasteiger partial charge on any atom is 0.331 e. The highest BCUT2D eigenvalue weighted by atomic mass is 32.1. The first kappa shape index (κ1) is 12.5. The van der Waals surface area contributed by atoms with Gasteiger partial charge in [-0.25, -0.2) is 9.79 Å². The molecule has 2 rings (SSSR count). The lowest BCUT2D eigenvalue weighted by molar-refractivity contribution is -0.142. The molecule has 5 heteroatoms. The number of hydrogen-bond acceptors (Lipinski definition) is 4. The highest BCUT2D eigenvalue weighted by Gasteiger charge is 2.19. The summed E-state index contributed by atoms with van der Waals surface area (Å²) in [7, 11) is 1.34. The molecule has 1 aromatic heterocycles. The normalized spacial score (nSPS) is 11.8. The van der Waals surface area contributed by atoms with Crippen LogP contribution in [0.4, 0.5) is 0 Å². The molecule has 1 N–H and O–H groups in total. The predicted molar refractivity (Wildman–Crippen MR) is 72.8 cm³/mol. The minimum absolute atomic E-state index is 0.405. The van der Waals surface area contributed by atoms with Gasteiger partial charge in [-0.2, -0.15) is 0 Å². The highest BCUT2D eigenvalue weighted by Crippen LogP contribution is 2.20. The number of carbonyl (C=O) groups is 1. The van der Waals surface area contributed by atoms with Crippen molar-refractivity contribution in [2.75, 3.05) is 7.11 Å². The number of thiocarbonyl (C=S) groups is 1. The van der Waals surface area contributed by atoms with Gasteiger partial charge in [0.25, 0.3) is 0 Å². The fourth-order valence-corrected chi connectivity index (χ4v) is 2.02. The Labute approximate surface area is 110 Å². The van der Waals surface area contributed by atoms with E-state index in [1.54, 1.807) is 0 Å². The first-order chi connectivity index (χ1) is 8.76. The average molecular weight is 260 g/mol. The van der Waals surface area contributed by atoms with Crippen LogP contribution in [-0.2, 0) is 16.0 Å². The summed E-state index contributed by atoms with van der Waals surface area (Å²) in [6.45, 7) is 0. The third-order valence-corrected chi connectivity index (χ3v) is 2.88. The summed E-state index contributed by atoms with van der Waals surface area (Å²) in [6, 6.07) is 7.25. The van der Waals surface area contributed by atoms with E-state index in [0.29, 0.717) is 6.42 Å². The number of nitrogens with one attached hydrogen (secondary N) is 1. The van der Waals surface area contributed by atoms with Crippen LogP contribution >= 0.6 is 12.2 Å². The second kappa shape index (κ2) is 5.58. The van der Waals surface area contributed by atoms with Crippen LogP contribution in [0.25, 0.3) is 10.9 Å². The third-order valence-electron chi connectivity index (χ3n) is 2.77. The number of nitrogens with zero attached hydrogens (tertiary/aromatic N) is 1. The topological polar surface area (TPSA) is 54.5 Å². The number of fused-ring (bicyclic) bond motifs is 1. The van der Waals surface area contributed by atoms with E-state index in [1.165, 1.54) is 7.11 Å². The predicted octanol–water partition coefficient (Wildman–Crippen LogP) is 2.35. The van der Waals surface area contributed by atoms with E-state index in [0.717, 1.165) is 16.5 Å². The number of para-hydroxylation sites is 1. The summed E-state index contributed by atoms with van der Waals surface area (Å²) >= 11 is 4.55. The molecule has 0 saturated heterocycles. The van der Waals surface area contributed by atoms with Gasteiger partial charge < -0.3 is 9.72 Å². The van der Waals surface area contributed by atoms with E-state index in [4.69, 9.17) is 4.74 Å². The second-order valence-electron chi connectivity index (χ2n) is 3.82. The van der Waals surface area contributed by atoms with Crippen molar-refractivity contribution in [3.63, 3.8) is 0 Å². The smallest absolute Gasteiger partial charge is 0.331 e. The number of ether oxygens (including phenoxy) is 1. The van der Waals surface area contributed by atoms with Gasteiger partial charge in [-0.15, -0.1) is 0 Å². The number of esters is 1. The van der Waals surface area contributed by atoms with Gasteiger partial charge in [-0.05, 0) is 23.8 Å². The maximum absolute atomic E-state index is 11.6. The quantitative estimate of drug-likeness (QED) is 0.521. The van der Waals surface area contributed by atoms with Gasteiger partial charge in [0.05, 0.1) is 12.3 Å². The third kappa shape index (κ3) is 2.47. The van der Waals surface area contributed by atoms with Crippen LogP contribution < -0.4 is 0 Å². The zero-order valence-electron chi connectivity index (χ0n) is 9.84. The largest absolute Gasteiger partial charge is 0.467 e. The molecule has 1 unspecified atom stereocenters. The molecule has 0 amide bonds. The number of aromatic amines is 1. The first-order valence-corrected chi connectivity index (χ1v) is 5.87. The molecule has 0 spiro atoms. The first-order valence-electron chi connectivity index (χ1n) is 5.46. The van der Waals surface area contributed by atoms with Crippen molar-refractivity contribution in [3.8, 4) is 0 Å². The van der Waals surface area contributed by atoms with Crippen molar-refractivity contribution in [1.29, 1.82) is 0 Å². The van der Waals surface area contributed by atoms with E-state index in [-0.39, 0.29) is 0 Å². The molecule has 0 aliphatic rings. The van der Waals surface area contributed by atoms with Gasteiger partial charge in [-0.1, -0.05) is 18.2 Å². The summed E-state index contributed by atoms with van der Waals surface area (Å²) < 4.78 is 4.70. The summed E-state index contributed by atoms with van der Waals surface area (Å²) in [4.78, 5) is 18.6. The molecule has 0 saturated carbocycles. The number of H-pyrrole nitrogens is 1. The number of aliphatic imine (C=N–C) groups is 1. The zero-order chi connectivity index (χ0) is 13.0. The molecule has 18 heavy (non-hydrogen) atoms. The SMILES string of the molecule is COC(=O)C(Cc1c[nH]c2ccccc12)N=C=S. The van der Waals surface area contributed by atoms with Crippen LogP contribution in [0, 0.1) is 0 Å². The van der Waals surface area contributed by atoms with Crippen LogP contribution in [0.2, 0.25) is 0 Å². The minimum atomic E-state index is -0.633. The number of hydrogen-bond donors (Lipinski definition) is 1. The van der Waals surface area contributed by atoms with Gasteiger partial charge >= 0.3 is 5.97 Å². The van der Waals surface area contributed by atoms with E-state index >= 15 is 0 Å². The minimum Gasteiger partial charge on any atom is -0.467 e. The van der Waals surface area contributed by atoms with Crippen molar-refractivity contribution >= 4 is 34.3 Å². The highest BCUT2D eigenvalue weighted by molar-refractivity contribution is 7.78. The van der Waals surface area contributed by atoms with Crippen LogP contribution in [0.5, 0.6) is 0 Å². The fourth-order valence-electron chi connectivity index (χ4n) is 1.89. The Morgan fingerprint density at radius 1 is 1.56 bits per heavy atom. The number of methoxy groups -OCH3 is 1. The number of isothiocyanates is 1. The monoisotopic (exact) mass is 260 g/mol. The molecule has 0 radical (unpaired) electrons. The number of carbonyl (C=O) groups excluding carboxylic acids is 1. The van der Waals surface area contributed by atoms with Gasteiger partial charge in [0, 0.05) is 23.5 Å². The molecule has 0 fully saturated rings. The Kier molecular flexibility index (Phi) is 3.87. The van der Waals surface area contributed by atoms with Crippen LogP contribution in [0.3, 0.4) is 0 Å². The molecule has 1 atom stereocenters. The van der Waals surface area contributed by atoms with Crippen molar-refractivity contribution in [2.45, 2.75) is 12.5 Å². The molecule has 0 aliphatic carbocycles. The molecule has 0 bridgehead atoms. The molecule has 0 aliphatic heterocycles. The van der Waals surface area contributed by atoms with Crippen molar-refractivity contribution in [3.05, 3.63) is 36.0 Å². The molecular weight excluding hydrogens is 248 g/mol. The van der Waals surface area contributed by atoms with E-state index in [2.05, 4.69) is 27.4 Å². The van der Waals surface area contributed by atoms with E-state index in [9.17, 15) is 4.79 Å². The lowest BCUT2D eigenvalue weighted by Gasteiger charge is -2.07. The zero-order valence-corrected chi connectivity index (χ0v) is 10.7. The Bertz CT molecular complexity index is 614. The lowest BCUT2D eigenvalue weighted by Crippen LogP contribution is -2.22. The summed E-state index contributed by atoms with van der Waals surface area (Å²) in [5.41, 5.74) is 2.04. The molecule has 2 aromatic rings. The maximum atomic E-state index is 11.6. The van der Waals surface area contributed by atoms with Crippen LogP contribution in [0.15, 0.2) is 35.5 Å². The number of aromatic nitrogens is 1. The summed E-state index contributed by atoms with van der Waals surface area (Å²) in [6.07, 6.45) is 2.32. The van der Waals surface area contributed by atoms with E-state index < -0.39 is 12.0 Å². The van der Waals surface area contributed by atoms with Crippen LogP contribution in [0.1, 0.15) is 5.56 Å². The fraction of sp³-hybridized carbons (Fsp3) is 0.231. The molecular formula is C13H12N2O2S. The summed E-state index contributed by atoms with van der Waals surface area (Å²) in [5.74, 6) is -0.405. The van der Waals surface area contributed by atoms with Crippen molar-refractivity contribution in [2.24, 2.45) is 4.99 Å². The lowest BCUT2D eigenvalue weighted by atomic mass is 10.1. The van der Waals surface area contributed by atoms with Gasteiger partial charge in [0.15, 0.2) is 6.04 Å². The Morgan fingerprint density at radius 3 is 3.06 bits per heavy atom. The Morgan fingerprint density at radius 2 is 2.33 bits per heavy atom. The van der Waals surface area contributed by atoms with Crippen LogP contribution in [-0.4, -0.2) is 29.3 Å². The molecule has 4 nitrogen and oxygen atoms in total. The summed E-state index contributed by atoms with van der Waals surface area (Å²) in [5, 5.41) is 3.32. The van der Waals surface area contributed by atoms with Gasteiger partial charge in [0.2, 0.25) is 0 Å². The van der Waals surface area contributed by atoms with Gasteiger partial charge in [-0.3, -0.25) is 0 Å². The molecule has 92 valence electrons. The van der Waals surface area contributed by atoms with Gasteiger partial charge in [0.1, 0.15) is 0 Å². The number of rotatable bonds is 4. The van der Waals surface area contributed by atoms with Crippen molar-refractivity contribution < 1.29 is 9.53 Å². The van der Waals surface area contributed by atoms with E-state index in [1.807, 2.05) is 30.5 Å². The van der Waals surface area contributed by atoms with Crippen molar-refractivity contribution in [1.82, 2.24) is 4.98 Å². The Balaban J connectivity index is 2.31. The standard InChI is InChI=1S/C13H12N2O2S/c1-17-13(16)12(15-8-18)6-9-7-14-11-5-3-2-4-10(9)11/h2-5,7,12,14H,6H2,1H3. The second-order valence-corrected chi connectivity index (χ2v) is 4.01.